The molecule has 1 aromatic carbocycles. The highest BCUT2D eigenvalue weighted by atomic mass is 35.5. The molecule has 1 saturated heterocycles. The second-order valence-electron chi connectivity index (χ2n) is 5.93. The molecule has 6 nitrogen and oxygen atoms in total. The second-order valence-corrected chi connectivity index (χ2v) is 8.30. The van der Waals surface area contributed by atoms with Crippen molar-refractivity contribution in [3.05, 3.63) is 47.2 Å². The fraction of sp³-hybridized carbons (Fsp3) is 0.412. The summed E-state index contributed by atoms with van der Waals surface area (Å²) < 4.78 is 32.8. The lowest BCUT2D eigenvalue weighted by Crippen LogP contribution is -2.44. The number of hydrogen-bond donors (Lipinski definition) is 0. The normalized spacial score (nSPS) is 18.9. The van der Waals surface area contributed by atoms with Gasteiger partial charge in [-0.05, 0) is 49.1 Å². The quantitative estimate of drug-likeness (QED) is 0.796. The number of piperidine rings is 1. The molecule has 8 heteroatoms. The van der Waals surface area contributed by atoms with E-state index in [-0.39, 0.29) is 23.6 Å². The highest BCUT2D eigenvalue weighted by Crippen LogP contribution is 2.23. The molecule has 134 valence electrons. The molecule has 0 aliphatic carbocycles. The maximum absolute atomic E-state index is 12.8. The number of nitrogens with zero attached hydrogens (tertiary/aromatic N) is 3. The summed E-state index contributed by atoms with van der Waals surface area (Å²) in [4.78, 5) is 8.60. The molecule has 1 atom stereocenters. The van der Waals surface area contributed by atoms with E-state index in [2.05, 4.69) is 9.97 Å². The molecule has 1 aromatic heterocycles. The van der Waals surface area contributed by atoms with Gasteiger partial charge in [0.15, 0.2) is 0 Å². The van der Waals surface area contributed by atoms with Crippen molar-refractivity contribution < 1.29 is 13.2 Å². The average molecular weight is 382 g/mol. The number of sulfonamides is 1. The lowest BCUT2D eigenvalue weighted by molar-refractivity contribution is 0.119. The van der Waals surface area contributed by atoms with Crippen molar-refractivity contribution in [3.63, 3.8) is 0 Å². The SMILES string of the molecule is CCc1cnc(OC2CCCN(S(=O)(=O)c3ccc(Cl)cc3)C2)nc1. The Morgan fingerprint density at radius 3 is 2.56 bits per heavy atom. The molecule has 1 aliphatic heterocycles. The molecule has 0 saturated carbocycles. The van der Waals surface area contributed by atoms with Crippen molar-refractivity contribution >= 4 is 21.6 Å². The van der Waals surface area contributed by atoms with Gasteiger partial charge in [0.2, 0.25) is 10.0 Å². The van der Waals surface area contributed by atoms with Crippen molar-refractivity contribution in [2.75, 3.05) is 13.1 Å². The van der Waals surface area contributed by atoms with Crippen LogP contribution in [0, 0.1) is 0 Å². The van der Waals surface area contributed by atoms with Crippen molar-refractivity contribution in [2.45, 2.75) is 37.2 Å². The first-order valence-electron chi connectivity index (χ1n) is 8.22. The number of aryl methyl sites for hydroxylation is 1. The first kappa shape index (κ1) is 18.1. The maximum atomic E-state index is 12.8. The Hall–Kier alpha value is -1.70. The van der Waals surface area contributed by atoms with Gasteiger partial charge in [0.25, 0.3) is 0 Å². The average Bonchev–Trinajstić information content (AvgIpc) is 2.63. The van der Waals surface area contributed by atoms with E-state index >= 15 is 0 Å². The van der Waals surface area contributed by atoms with E-state index in [4.69, 9.17) is 16.3 Å². The minimum absolute atomic E-state index is 0.237. The predicted octanol–water partition coefficient (Wildman–Crippen LogP) is 2.92. The van der Waals surface area contributed by atoms with Gasteiger partial charge < -0.3 is 4.74 Å². The topological polar surface area (TPSA) is 72.4 Å². The fourth-order valence-corrected chi connectivity index (χ4v) is 4.35. The highest BCUT2D eigenvalue weighted by molar-refractivity contribution is 7.89. The first-order chi connectivity index (χ1) is 12.0. The summed E-state index contributed by atoms with van der Waals surface area (Å²) in [6.07, 6.45) is 5.55. The number of rotatable bonds is 5. The maximum Gasteiger partial charge on any atom is 0.316 e. The van der Waals surface area contributed by atoms with Gasteiger partial charge in [-0.1, -0.05) is 18.5 Å². The molecule has 0 spiro atoms. The minimum atomic E-state index is -3.56. The Balaban J connectivity index is 1.70. The van der Waals surface area contributed by atoms with Gasteiger partial charge in [0, 0.05) is 24.0 Å². The van der Waals surface area contributed by atoms with E-state index in [1.165, 1.54) is 16.4 Å². The Morgan fingerprint density at radius 2 is 1.92 bits per heavy atom. The Kier molecular flexibility index (Phi) is 5.56. The van der Waals surface area contributed by atoms with Crippen LogP contribution in [0.15, 0.2) is 41.6 Å². The second kappa shape index (κ2) is 7.68. The first-order valence-corrected chi connectivity index (χ1v) is 10.0. The molecular weight excluding hydrogens is 362 g/mol. The molecule has 0 amide bonds. The Labute approximate surface area is 152 Å². The van der Waals surface area contributed by atoms with Crippen LogP contribution in [0.2, 0.25) is 5.02 Å². The van der Waals surface area contributed by atoms with Gasteiger partial charge in [-0.15, -0.1) is 0 Å². The van der Waals surface area contributed by atoms with E-state index in [0.29, 0.717) is 11.6 Å². The summed E-state index contributed by atoms with van der Waals surface area (Å²) in [6, 6.07) is 6.49. The van der Waals surface area contributed by atoms with Crippen LogP contribution in [0.3, 0.4) is 0 Å². The Bertz CT molecular complexity index is 810. The van der Waals surface area contributed by atoms with E-state index in [0.717, 1.165) is 24.8 Å². The van der Waals surface area contributed by atoms with Crippen LogP contribution in [0.25, 0.3) is 0 Å². The fourth-order valence-electron chi connectivity index (χ4n) is 2.71. The van der Waals surface area contributed by atoms with Crippen LogP contribution >= 0.6 is 11.6 Å². The van der Waals surface area contributed by atoms with Crippen LogP contribution in [0.5, 0.6) is 6.01 Å². The summed E-state index contributed by atoms with van der Waals surface area (Å²) in [7, 11) is -3.56. The van der Waals surface area contributed by atoms with E-state index in [1.807, 2.05) is 6.92 Å². The number of halogens is 1. The molecule has 25 heavy (non-hydrogen) atoms. The standard InChI is InChI=1S/C17H20ClN3O3S/c1-2-13-10-19-17(20-11-13)24-15-4-3-9-21(12-15)25(22,23)16-7-5-14(18)6-8-16/h5-8,10-11,15H,2-4,9,12H2,1H3. The van der Waals surface area contributed by atoms with Crippen LogP contribution < -0.4 is 4.74 Å². The molecule has 1 unspecified atom stereocenters. The summed E-state index contributed by atoms with van der Waals surface area (Å²) in [5.74, 6) is 0. The number of aromatic nitrogens is 2. The summed E-state index contributed by atoms with van der Waals surface area (Å²) in [6.45, 7) is 2.78. The summed E-state index contributed by atoms with van der Waals surface area (Å²) in [5, 5.41) is 0.506. The third-order valence-corrected chi connectivity index (χ3v) is 6.29. The molecule has 0 N–H and O–H groups in total. The zero-order valence-electron chi connectivity index (χ0n) is 13.9. The van der Waals surface area contributed by atoms with Crippen molar-refractivity contribution in [1.29, 1.82) is 0 Å². The Morgan fingerprint density at radius 1 is 1.24 bits per heavy atom. The van der Waals surface area contributed by atoms with Crippen molar-refractivity contribution in [3.8, 4) is 6.01 Å². The molecule has 0 bridgehead atoms. The number of hydrogen-bond acceptors (Lipinski definition) is 5. The molecule has 2 heterocycles. The molecule has 1 aliphatic rings. The van der Waals surface area contributed by atoms with Crippen molar-refractivity contribution in [1.82, 2.24) is 14.3 Å². The molecule has 0 radical (unpaired) electrons. The zero-order chi connectivity index (χ0) is 17.9. The molecular formula is C17H20ClN3O3S. The smallest absolute Gasteiger partial charge is 0.316 e. The van der Waals surface area contributed by atoms with Crippen LogP contribution in [-0.2, 0) is 16.4 Å². The summed E-state index contributed by atoms with van der Waals surface area (Å²) in [5.41, 5.74) is 1.03. The van der Waals surface area contributed by atoms with E-state index in [1.54, 1.807) is 24.5 Å². The zero-order valence-corrected chi connectivity index (χ0v) is 15.5. The van der Waals surface area contributed by atoms with Gasteiger partial charge in [0.05, 0.1) is 11.4 Å². The lowest BCUT2D eigenvalue weighted by Gasteiger charge is -2.31. The summed E-state index contributed by atoms with van der Waals surface area (Å²) >= 11 is 5.84. The molecule has 3 rings (SSSR count). The van der Waals surface area contributed by atoms with Crippen molar-refractivity contribution in [2.24, 2.45) is 0 Å². The third-order valence-electron chi connectivity index (χ3n) is 4.15. The monoisotopic (exact) mass is 381 g/mol. The van der Waals surface area contributed by atoms with E-state index < -0.39 is 10.0 Å². The molecule has 1 fully saturated rings. The van der Waals surface area contributed by atoms with Crippen LogP contribution in [-0.4, -0.2) is 41.9 Å². The van der Waals surface area contributed by atoms with Gasteiger partial charge >= 0.3 is 6.01 Å². The third kappa shape index (κ3) is 4.29. The van der Waals surface area contributed by atoms with Gasteiger partial charge in [0.1, 0.15) is 6.10 Å². The van der Waals surface area contributed by atoms with Crippen LogP contribution in [0.1, 0.15) is 25.3 Å². The van der Waals surface area contributed by atoms with Gasteiger partial charge in [-0.3, -0.25) is 0 Å². The largest absolute Gasteiger partial charge is 0.459 e. The van der Waals surface area contributed by atoms with Gasteiger partial charge in [-0.2, -0.15) is 4.31 Å². The van der Waals surface area contributed by atoms with Crippen LogP contribution in [0.4, 0.5) is 0 Å². The number of ether oxygens (including phenoxy) is 1. The van der Waals surface area contributed by atoms with E-state index in [9.17, 15) is 8.42 Å². The van der Waals surface area contributed by atoms with Gasteiger partial charge in [-0.25, -0.2) is 18.4 Å². The minimum Gasteiger partial charge on any atom is -0.459 e. The number of benzene rings is 1. The highest BCUT2D eigenvalue weighted by Gasteiger charge is 2.31. The predicted molar refractivity (Wildman–Crippen MR) is 95.3 cm³/mol. The lowest BCUT2D eigenvalue weighted by atomic mass is 10.1. The molecule has 2 aromatic rings.